The number of para-hydroxylation sites is 1. The predicted octanol–water partition coefficient (Wildman–Crippen LogP) is 5.07. The molecule has 5 rings (SSSR count). The van der Waals surface area contributed by atoms with Crippen molar-refractivity contribution in [3.63, 3.8) is 0 Å². The van der Waals surface area contributed by atoms with Crippen LogP contribution in [-0.2, 0) is 9.53 Å². The zero-order valence-corrected chi connectivity index (χ0v) is 20.1. The van der Waals surface area contributed by atoms with Gasteiger partial charge in [0.15, 0.2) is 11.6 Å². The minimum Gasteiger partial charge on any atom is -0.494 e. The van der Waals surface area contributed by atoms with Crippen molar-refractivity contribution in [2.24, 2.45) is 0 Å². The third kappa shape index (κ3) is 4.51. The fourth-order valence-electron chi connectivity index (χ4n) is 4.03. The summed E-state index contributed by atoms with van der Waals surface area (Å²) < 4.78 is 27.5. The highest BCUT2D eigenvalue weighted by atomic mass is 32.2. The number of hydrogen-bond acceptors (Lipinski definition) is 6. The molecular weight excluding hydrogens is 473 g/mol. The van der Waals surface area contributed by atoms with Crippen molar-refractivity contribution < 1.29 is 18.7 Å². The largest absolute Gasteiger partial charge is 0.494 e. The van der Waals surface area contributed by atoms with Gasteiger partial charge in [-0.05, 0) is 49.2 Å². The Morgan fingerprint density at radius 2 is 2.12 bits per heavy atom. The summed E-state index contributed by atoms with van der Waals surface area (Å²) in [4.78, 5) is 15.3. The van der Waals surface area contributed by atoms with Crippen LogP contribution < -0.4 is 4.74 Å². The number of carbonyl (C=O) groups excluding carboxylic acids is 1. The number of halogens is 1. The summed E-state index contributed by atoms with van der Waals surface area (Å²) in [7, 11) is 1.42. The Kier molecular flexibility index (Phi) is 6.49. The van der Waals surface area contributed by atoms with Gasteiger partial charge in [0, 0.05) is 23.9 Å². The van der Waals surface area contributed by atoms with Crippen molar-refractivity contribution in [1.29, 1.82) is 0 Å². The molecule has 2 saturated heterocycles. The Morgan fingerprint density at radius 3 is 2.82 bits per heavy atom. The van der Waals surface area contributed by atoms with E-state index in [0.717, 1.165) is 25.1 Å². The minimum atomic E-state index is -0.483. The van der Waals surface area contributed by atoms with E-state index in [9.17, 15) is 9.18 Å². The number of methoxy groups -OCH3 is 1. The van der Waals surface area contributed by atoms with E-state index in [1.807, 2.05) is 36.5 Å². The van der Waals surface area contributed by atoms with Gasteiger partial charge in [-0.15, -0.1) is 0 Å². The van der Waals surface area contributed by atoms with Crippen molar-refractivity contribution in [2.75, 3.05) is 20.3 Å². The molecule has 0 spiro atoms. The Bertz CT molecular complexity index is 1270. The lowest BCUT2D eigenvalue weighted by Crippen LogP contribution is -2.35. The summed E-state index contributed by atoms with van der Waals surface area (Å²) in [5, 5.41) is 4.71. The number of carbonyl (C=O) groups is 1. The molecule has 34 heavy (non-hydrogen) atoms. The maximum absolute atomic E-state index is 14.5. The molecule has 1 aromatic heterocycles. The number of amides is 1. The fraction of sp³-hybridized carbons (Fsp3) is 0.240. The van der Waals surface area contributed by atoms with Crippen LogP contribution in [0.1, 0.15) is 18.4 Å². The molecule has 9 heteroatoms. The second kappa shape index (κ2) is 9.69. The van der Waals surface area contributed by atoms with E-state index in [1.54, 1.807) is 27.8 Å². The lowest BCUT2D eigenvalue weighted by molar-refractivity contribution is -0.123. The van der Waals surface area contributed by atoms with Crippen molar-refractivity contribution in [2.45, 2.75) is 18.9 Å². The number of thioether (sulfide) groups is 1. The Labute approximate surface area is 206 Å². The Morgan fingerprint density at radius 1 is 1.29 bits per heavy atom. The van der Waals surface area contributed by atoms with Crippen LogP contribution in [0.15, 0.2) is 59.6 Å². The van der Waals surface area contributed by atoms with Gasteiger partial charge in [-0.2, -0.15) is 5.10 Å². The SMILES string of the molecule is COc1ccc(-c2nn(-c3ccccc3)cc2/C=C2\SC(=S)N(C[C@@H]3CCCO3)C2=O)cc1F. The lowest BCUT2D eigenvalue weighted by Gasteiger charge is -2.18. The van der Waals surface area contributed by atoms with Crippen molar-refractivity contribution >= 4 is 40.3 Å². The first kappa shape index (κ1) is 22.8. The summed E-state index contributed by atoms with van der Waals surface area (Å²) in [6.07, 6.45) is 5.54. The van der Waals surface area contributed by atoms with Gasteiger partial charge in [0.2, 0.25) is 0 Å². The molecule has 3 aromatic rings. The zero-order valence-electron chi connectivity index (χ0n) is 18.4. The van der Waals surface area contributed by atoms with Crippen LogP contribution >= 0.6 is 24.0 Å². The summed E-state index contributed by atoms with van der Waals surface area (Å²) in [5.41, 5.74) is 2.67. The van der Waals surface area contributed by atoms with E-state index >= 15 is 0 Å². The molecule has 0 N–H and O–H groups in total. The number of thiocarbonyl (C=S) groups is 1. The maximum atomic E-state index is 14.5. The highest BCUT2D eigenvalue weighted by molar-refractivity contribution is 8.26. The molecule has 174 valence electrons. The number of rotatable bonds is 6. The second-order valence-electron chi connectivity index (χ2n) is 7.99. The monoisotopic (exact) mass is 495 g/mol. The first-order chi connectivity index (χ1) is 16.5. The van der Waals surface area contributed by atoms with E-state index < -0.39 is 5.82 Å². The number of benzene rings is 2. The molecule has 2 fully saturated rings. The minimum absolute atomic E-state index is 0.0144. The van der Waals surface area contributed by atoms with Gasteiger partial charge in [0.05, 0.1) is 30.4 Å². The van der Waals surface area contributed by atoms with Gasteiger partial charge in [0.1, 0.15) is 10.0 Å². The highest BCUT2D eigenvalue weighted by Gasteiger charge is 2.35. The first-order valence-electron chi connectivity index (χ1n) is 10.9. The summed E-state index contributed by atoms with van der Waals surface area (Å²) in [5.74, 6) is -0.476. The third-order valence-corrected chi connectivity index (χ3v) is 7.14. The number of ether oxygens (including phenoxy) is 2. The van der Waals surface area contributed by atoms with Crippen LogP contribution in [0.25, 0.3) is 23.0 Å². The molecule has 6 nitrogen and oxygen atoms in total. The van der Waals surface area contributed by atoms with Crippen molar-refractivity contribution in [1.82, 2.24) is 14.7 Å². The highest BCUT2D eigenvalue weighted by Crippen LogP contribution is 2.36. The Hall–Kier alpha value is -3.01. The molecule has 2 aliphatic heterocycles. The van der Waals surface area contributed by atoms with Crippen LogP contribution in [0, 0.1) is 5.82 Å². The molecule has 0 unspecified atom stereocenters. The quantitative estimate of drug-likeness (QED) is 0.352. The predicted molar refractivity (Wildman–Crippen MR) is 134 cm³/mol. The fourth-order valence-corrected chi connectivity index (χ4v) is 5.30. The molecule has 1 atom stereocenters. The van der Waals surface area contributed by atoms with Crippen LogP contribution in [-0.4, -0.2) is 51.3 Å². The maximum Gasteiger partial charge on any atom is 0.266 e. The summed E-state index contributed by atoms with van der Waals surface area (Å²) >= 11 is 6.75. The molecule has 0 bridgehead atoms. The van der Waals surface area contributed by atoms with Gasteiger partial charge in [-0.3, -0.25) is 9.69 Å². The van der Waals surface area contributed by atoms with Crippen LogP contribution in [0.4, 0.5) is 4.39 Å². The topological polar surface area (TPSA) is 56.6 Å². The van der Waals surface area contributed by atoms with Gasteiger partial charge in [-0.1, -0.05) is 42.2 Å². The van der Waals surface area contributed by atoms with E-state index in [4.69, 9.17) is 26.8 Å². The average molecular weight is 496 g/mol. The molecule has 2 aromatic carbocycles. The van der Waals surface area contributed by atoms with Gasteiger partial charge < -0.3 is 9.47 Å². The lowest BCUT2D eigenvalue weighted by atomic mass is 10.1. The molecule has 0 aliphatic carbocycles. The summed E-state index contributed by atoms with van der Waals surface area (Å²) in [6, 6.07) is 14.3. The normalized spacial score (nSPS) is 19.4. The second-order valence-corrected chi connectivity index (χ2v) is 9.67. The first-order valence-corrected chi connectivity index (χ1v) is 12.1. The van der Waals surface area contributed by atoms with Gasteiger partial charge >= 0.3 is 0 Å². The number of hydrogen-bond donors (Lipinski definition) is 0. The molecule has 0 saturated carbocycles. The number of aromatic nitrogens is 2. The smallest absolute Gasteiger partial charge is 0.266 e. The van der Waals surface area contributed by atoms with Crippen molar-refractivity contribution in [3.05, 3.63) is 71.0 Å². The van der Waals surface area contributed by atoms with Gasteiger partial charge in [0.25, 0.3) is 5.91 Å². The van der Waals surface area contributed by atoms with E-state index in [0.29, 0.717) is 32.6 Å². The van der Waals surface area contributed by atoms with Crippen LogP contribution in [0.5, 0.6) is 5.75 Å². The van der Waals surface area contributed by atoms with Crippen molar-refractivity contribution in [3.8, 4) is 22.7 Å². The standard InChI is InChI=1S/C25H22FN3O3S2/c1-31-21-10-9-16(12-20(21)26)23-17(14-29(27-23)18-6-3-2-4-7-18)13-22-24(30)28(25(33)34-22)15-19-8-5-11-32-19/h2-4,6-7,9-10,12-14,19H,5,8,11,15H2,1H3/b22-13-/t19-/m0/s1. The Balaban J connectivity index is 1.53. The molecular formula is C25H22FN3O3S2. The van der Waals surface area contributed by atoms with Crippen LogP contribution in [0.3, 0.4) is 0 Å². The molecule has 2 aliphatic rings. The van der Waals surface area contributed by atoms with Crippen LogP contribution in [0.2, 0.25) is 0 Å². The molecule has 3 heterocycles. The van der Waals surface area contributed by atoms with E-state index in [-0.39, 0.29) is 17.8 Å². The molecule has 1 amide bonds. The molecule has 0 radical (unpaired) electrons. The van der Waals surface area contributed by atoms with E-state index in [2.05, 4.69) is 0 Å². The summed E-state index contributed by atoms with van der Waals surface area (Å²) in [6.45, 7) is 1.18. The van der Waals surface area contributed by atoms with E-state index in [1.165, 1.54) is 24.9 Å². The average Bonchev–Trinajstić information content (AvgIpc) is 3.57. The van der Waals surface area contributed by atoms with Gasteiger partial charge in [-0.25, -0.2) is 9.07 Å². The third-order valence-electron chi connectivity index (χ3n) is 5.76. The number of nitrogens with zero attached hydrogens (tertiary/aromatic N) is 3. The zero-order chi connectivity index (χ0) is 23.7.